The van der Waals surface area contributed by atoms with Crippen LogP contribution >= 0.6 is 0 Å². The van der Waals surface area contributed by atoms with Crippen LogP contribution in [0.2, 0.25) is 0 Å². The van der Waals surface area contributed by atoms with E-state index in [-0.39, 0.29) is 0 Å². The molecule has 0 fully saturated rings. The molecular formula is C56H32O2. The largest absolute Gasteiger partial charge is 0.452 e. The van der Waals surface area contributed by atoms with E-state index in [1.807, 2.05) is 0 Å². The number of benzene rings is 11. The van der Waals surface area contributed by atoms with Crippen molar-refractivity contribution in [3.8, 4) is 33.4 Å². The molecule has 0 bridgehead atoms. The molecule has 0 saturated heterocycles. The van der Waals surface area contributed by atoms with Crippen LogP contribution in [0.4, 0.5) is 0 Å². The molecule has 0 aliphatic heterocycles. The van der Waals surface area contributed by atoms with Gasteiger partial charge >= 0.3 is 0 Å². The lowest BCUT2D eigenvalue weighted by molar-refractivity contribution is 0.633. The van der Waals surface area contributed by atoms with Crippen LogP contribution < -0.4 is 0 Å². The molecule has 11 aromatic carbocycles. The Morgan fingerprint density at radius 1 is 0.259 bits per heavy atom. The fourth-order valence-corrected chi connectivity index (χ4v) is 9.77. The van der Waals surface area contributed by atoms with Gasteiger partial charge in [-0.2, -0.15) is 0 Å². The molecule has 0 unspecified atom stereocenters. The van der Waals surface area contributed by atoms with Crippen molar-refractivity contribution >= 4 is 97.7 Å². The highest BCUT2D eigenvalue weighted by molar-refractivity contribution is 6.26. The van der Waals surface area contributed by atoms with Gasteiger partial charge in [-0.25, -0.2) is 0 Å². The molecule has 13 aromatic rings. The highest BCUT2D eigenvalue weighted by Crippen LogP contribution is 2.46. The van der Waals surface area contributed by atoms with E-state index in [1.165, 1.54) is 81.7 Å². The second kappa shape index (κ2) is 11.9. The van der Waals surface area contributed by atoms with Crippen molar-refractivity contribution in [2.24, 2.45) is 0 Å². The van der Waals surface area contributed by atoms with Gasteiger partial charge in [-0.3, -0.25) is 0 Å². The minimum absolute atomic E-state index is 0.793. The zero-order valence-corrected chi connectivity index (χ0v) is 31.3. The summed E-state index contributed by atoms with van der Waals surface area (Å²) >= 11 is 0. The number of furan rings is 2. The van der Waals surface area contributed by atoms with Gasteiger partial charge in [0.25, 0.3) is 0 Å². The molecule has 0 radical (unpaired) electrons. The zero-order valence-electron chi connectivity index (χ0n) is 31.3. The molecule has 2 aromatic heterocycles. The molecule has 13 rings (SSSR count). The minimum atomic E-state index is 0.793. The van der Waals surface area contributed by atoms with Crippen LogP contribution in [-0.4, -0.2) is 0 Å². The van der Waals surface area contributed by atoms with Crippen molar-refractivity contribution in [1.82, 2.24) is 0 Å². The standard InChI is InChI=1S/C56H32O2/c1-3-13-40-33(10-1)12-9-19-42(40)53-45-17-7-5-15-43(45)52(44-16-6-8-18-46(44)53)39-23-22-35-30-36(20-21-37(35)31-39)38-25-28-50-49(32-38)47-26-27-48-54-41-14-4-2-11-34(41)24-29-51(54)58-56(48)55(47)57-50/h1-32H. The van der Waals surface area contributed by atoms with Gasteiger partial charge in [-0.1, -0.05) is 152 Å². The summed E-state index contributed by atoms with van der Waals surface area (Å²) in [5, 5.41) is 16.7. The maximum absolute atomic E-state index is 6.54. The van der Waals surface area contributed by atoms with Gasteiger partial charge in [0.1, 0.15) is 11.2 Å². The molecule has 0 aliphatic rings. The van der Waals surface area contributed by atoms with Crippen molar-refractivity contribution in [2.45, 2.75) is 0 Å². The lowest BCUT2D eigenvalue weighted by atomic mass is 9.84. The molecule has 2 heterocycles. The fraction of sp³-hybridized carbons (Fsp3) is 0. The van der Waals surface area contributed by atoms with Gasteiger partial charge in [0.2, 0.25) is 0 Å². The van der Waals surface area contributed by atoms with Crippen LogP contribution in [0, 0.1) is 0 Å². The van der Waals surface area contributed by atoms with E-state index in [0.29, 0.717) is 0 Å². The monoisotopic (exact) mass is 736 g/mol. The summed E-state index contributed by atoms with van der Waals surface area (Å²) in [6.45, 7) is 0. The van der Waals surface area contributed by atoms with Gasteiger partial charge in [-0.15, -0.1) is 0 Å². The Bertz CT molecular complexity index is 3800. The fourth-order valence-electron chi connectivity index (χ4n) is 9.77. The molecule has 0 aliphatic carbocycles. The van der Waals surface area contributed by atoms with E-state index in [4.69, 9.17) is 8.83 Å². The van der Waals surface area contributed by atoms with Crippen molar-refractivity contribution in [3.05, 3.63) is 194 Å². The summed E-state index contributed by atoms with van der Waals surface area (Å²) < 4.78 is 13.0. The normalized spacial score (nSPS) is 12.1. The molecule has 0 N–H and O–H groups in total. The Morgan fingerprint density at radius 2 is 0.759 bits per heavy atom. The minimum Gasteiger partial charge on any atom is -0.452 e. The summed E-state index contributed by atoms with van der Waals surface area (Å²) in [7, 11) is 0. The molecule has 58 heavy (non-hydrogen) atoms. The third-order valence-electron chi connectivity index (χ3n) is 12.4. The molecule has 2 heteroatoms. The Balaban J connectivity index is 0.936. The summed E-state index contributed by atoms with van der Waals surface area (Å²) in [5.74, 6) is 0. The predicted octanol–water partition coefficient (Wildman–Crippen LogP) is 16.3. The van der Waals surface area contributed by atoms with E-state index in [0.717, 1.165) is 49.4 Å². The highest BCUT2D eigenvalue weighted by atomic mass is 16.4. The molecule has 0 spiro atoms. The third kappa shape index (κ3) is 4.48. The van der Waals surface area contributed by atoms with E-state index in [1.54, 1.807) is 0 Å². The Hall–Kier alpha value is -7.68. The predicted molar refractivity (Wildman–Crippen MR) is 245 cm³/mol. The average molecular weight is 737 g/mol. The first kappa shape index (κ1) is 31.5. The first-order valence-corrected chi connectivity index (χ1v) is 19.9. The van der Waals surface area contributed by atoms with E-state index in [2.05, 4.69) is 194 Å². The smallest absolute Gasteiger partial charge is 0.178 e. The third-order valence-corrected chi connectivity index (χ3v) is 12.4. The van der Waals surface area contributed by atoms with Crippen LogP contribution in [0.1, 0.15) is 0 Å². The second-order valence-corrected chi connectivity index (χ2v) is 15.5. The SMILES string of the molecule is c1ccc2c(-c3c4ccccc4c(-c4ccc5cc(-c6ccc7oc8c(ccc9c8oc8ccc%10ccccc%10c89)c7c6)ccc5c4)c4ccccc34)cccc2c1. The molecule has 2 nitrogen and oxygen atoms in total. The van der Waals surface area contributed by atoms with Gasteiger partial charge in [0.15, 0.2) is 11.2 Å². The zero-order chi connectivity index (χ0) is 37.9. The molecule has 0 amide bonds. The molecule has 0 saturated carbocycles. The molecular weight excluding hydrogens is 705 g/mol. The van der Waals surface area contributed by atoms with Gasteiger partial charge in [-0.05, 0) is 130 Å². The first-order chi connectivity index (χ1) is 28.7. The molecule has 0 atom stereocenters. The highest BCUT2D eigenvalue weighted by Gasteiger charge is 2.20. The quantitative estimate of drug-likeness (QED) is 0.169. The van der Waals surface area contributed by atoms with Crippen molar-refractivity contribution < 1.29 is 8.83 Å². The molecule has 268 valence electrons. The van der Waals surface area contributed by atoms with E-state index >= 15 is 0 Å². The van der Waals surface area contributed by atoms with E-state index in [9.17, 15) is 0 Å². The van der Waals surface area contributed by atoms with Gasteiger partial charge < -0.3 is 8.83 Å². The van der Waals surface area contributed by atoms with Crippen molar-refractivity contribution in [3.63, 3.8) is 0 Å². The summed E-state index contributed by atoms with van der Waals surface area (Å²) in [6, 6.07) is 70.5. The van der Waals surface area contributed by atoms with Crippen LogP contribution in [-0.2, 0) is 0 Å². The maximum atomic E-state index is 6.54. The number of fused-ring (bicyclic) bond motifs is 13. The lowest BCUT2D eigenvalue weighted by Crippen LogP contribution is -1.91. The van der Waals surface area contributed by atoms with Crippen molar-refractivity contribution in [2.75, 3.05) is 0 Å². The number of rotatable bonds is 3. The maximum Gasteiger partial charge on any atom is 0.178 e. The summed E-state index contributed by atoms with van der Waals surface area (Å²) in [4.78, 5) is 0. The van der Waals surface area contributed by atoms with Gasteiger partial charge in [0, 0.05) is 21.5 Å². The second-order valence-electron chi connectivity index (χ2n) is 15.5. The summed E-state index contributed by atoms with van der Waals surface area (Å²) in [6.07, 6.45) is 0. The van der Waals surface area contributed by atoms with Crippen LogP contribution in [0.15, 0.2) is 203 Å². The Labute approximate surface area is 332 Å². The Kier molecular flexibility index (Phi) is 6.47. The number of hydrogen-bond acceptors (Lipinski definition) is 2. The van der Waals surface area contributed by atoms with Gasteiger partial charge in [0.05, 0.1) is 0 Å². The van der Waals surface area contributed by atoms with E-state index < -0.39 is 0 Å². The van der Waals surface area contributed by atoms with Crippen LogP contribution in [0.25, 0.3) is 131 Å². The Morgan fingerprint density at radius 3 is 1.52 bits per heavy atom. The van der Waals surface area contributed by atoms with Crippen LogP contribution in [0.5, 0.6) is 0 Å². The average Bonchev–Trinajstić information content (AvgIpc) is 3.86. The van der Waals surface area contributed by atoms with Crippen LogP contribution in [0.3, 0.4) is 0 Å². The number of hydrogen-bond donors (Lipinski definition) is 0. The van der Waals surface area contributed by atoms with Crippen molar-refractivity contribution in [1.29, 1.82) is 0 Å². The lowest BCUT2D eigenvalue weighted by Gasteiger charge is -2.19. The first-order valence-electron chi connectivity index (χ1n) is 19.9. The summed E-state index contributed by atoms with van der Waals surface area (Å²) in [5.41, 5.74) is 10.7. The topological polar surface area (TPSA) is 26.3 Å².